The number of hydrogen-bond donors (Lipinski definition) is 4. The predicted octanol–water partition coefficient (Wildman–Crippen LogP) is 11.2. The Bertz CT molecular complexity index is 1850. The molecule has 4 aromatic carbocycles. The monoisotopic (exact) mass is 807 g/mol. The van der Waals surface area contributed by atoms with Gasteiger partial charge in [-0.15, -0.1) is 0 Å². The van der Waals surface area contributed by atoms with Crippen LogP contribution in [0.15, 0.2) is 97.1 Å². The Balaban J connectivity index is 0.000000341. The highest BCUT2D eigenvalue weighted by Crippen LogP contribution is 2.33. The maximum absolute atomic E-state index is 12.9. The lowest BCUT2D eigenvalue weighted by atomic mass is 9.92. The van der Waals surface area contributed by atoms with Crippen LogP contribution >= 0.6 is 0 Å². The quantitative estimate of drug-likeness (QED) is 0.0835. The maximum atomic E-state index is 12.9. The van der Waals surface area contributed by atoms with Crippen LogP contribution in [-0.4, -0.2) is 45.8 Å². The number of nitrogens with one attached hydrogen (secondary N) is 3. The number of carboxylic acid groups (broad SMARTS) is 1. The number of carbonyl (C=O) groups excluding carboxylic acids is 3. The number of carbonyl (C=O) groups is 4. The molecule has 0 unspecified atom stereocenters. The van der Waals surface area contributed by atoms with Crippen molar-refractivity contribution in [1.82, 2.24) is 10.2 Å². The molecule has 0 aliphatic heterocycles. The van der Waals surface area contributed by atoms with E-state index in [-0.39, 0.29) is 47.9 Å². The fraction of sp³-hybridized carbons (Fsp3) is 0.440. The van der Waals surface area contributed by atoms with Crippen molar-refractivity contribution in [2.75, 3.05) is 10.6 Å². The number of hydrogen-bond acceptors (Lipinski definition) is 5. The average molecular weight is 807 g/mol. The molecule has 0 heterocycles. The van der Waals surface area contributed by atoms with Gasteiger partial charge in [0.05, 0.1) is 0 Å². The topological polar surface area (TPSA) is 128 Å². The highest BCUT2D eigenvalue weighted by Gasteiger charge is 2.23. The zero-order valence-electron chi connectivity index (χ0n) is 37.6. The Hall–Kier alpha value is -5.28. The number of para-hydroxylation sites is 2. The van der Waals surface area contributed by atoms with Crippen LogP contribution in [0.1, 0.15) is 153 Å². The van der Waals surface area contributed by atoms with Gasteiger partial charge < -0.3 is 26.0 Å². The van der Waals surface area contributed by atoms with E-state index in [9.17, 15) is 19.2 Å². The number of carboxylic acids is 1. The summed E-state index contributed by atoms with van der Waals surface area (Å²) >= 11 is 0. The minimum atomic E-state index is -1.12. The summed E-state index contributed by atoms with van der Waals surface area (Å²) in [4.78, 5) is 49.7. The first-order chi connectivity index (χ1) is 27.8. The average Bonchev–Trinajstić information content (AvgIpc) is 3.16. The molecule has 0 radical (unpaired) electrons. The van der Waals surface area contributed by atoms with Gasteiger partial charge in [0.25, 0.3) is 0 Å². The third kappa shape index (κ3) is 17.6. The molecule has 0 aliphatic rings. The summed E-state index contributed by atoms with van der Waals surface area (Å²) in [5.41, 5.74) is 8.29. The molecule has 0 atom stereocenters. The fourth-order valence-electron chi connectivity index (χ4n) is 6.39. The highest BCUT2D eigenvalue weighted by molar-refractivity contribution is 6.04. The van der Waals surface area contributed by atoms with E-state index in [0.717, 1.165) is 45.7 Å². The van der Waals surface area contributed by atoms with Crippen LogP contribution in [-0.2, 0) is 32.3 Å². The second-order valence-corrected chi connectivity index (χ2v) is 16.7. The van der Waals surface area contributed by atoms with Gasteiger partial charge in [-0.1, -0.05) is 166 Å². The van der Waals surface area contributed by atoms with Gasteiger partial charge in [-0.25, -0.2) is 0 Å². The molecule has 0 bridgehead atoms. The van der Waals surface area contributed by atoms with Gasteiger partial charge >= 0.3 is 5.97 Å². The van der Waals surface area contributed by atoms with Crippen molar-refractivity contribution < 1.29 is 24.3 Å². The first kappa shape index (κ1) is 49.9. The van der Waals surface area contributed by atoms with Crippen molar-refractivity contribution in [2.24, 2.45) is 0 Å². The van der Waals surface area contributed by atoms with Gasteiger partial charge in [0.2, 0.25) is 17.7 Å². The van der Waals surface area contributed by atoms with E-state index in [4.69, 9.17) is 5.11 Å². The highest BCUT2D eigenvalue weighted by atomic mass is 16.4. The summed E-state index contributed by atoms with van der Waals surface area (Å²) < 4.78 is 0. The first-order valence-electron chi connectivity index (χ1n) is 21.0. The Morgan fingerprint density at radius 1 is 0.508 bits per heavy atom. The van der Waals surface area contributed by atoms with Crippen LogP contribution in [0.25, 0.3) is 0 Å². The minimum absolute atomic E-state index is 0.0182. The van der Waals surface area contributed by atoms with E-state index in [1.54, 1.807) is 4.90 Å². The molecule has 0 aliphatic carbocycles. The number of rotatable bonds is 16. The second kappa shape index (κ2) is 25.3. The first-order valence-corrected chi connectivity index (χ1v) is 21.0. The maximum Gasteiger partial charge on any atom is 0.312 e. The van der Waals surface area contributed by atoms with E-state index < -0.39 is 18.3 Å². The predicted molar refractivity (Wildman–Crippen MR) is 244 cm³/mol. The fourth-order valence-corrected chi connectivity index (χ4v) is 6.39. The van der Waals surface area contributed by atoms with Crippen molar-refractivity contribution in [3.63, 3.8) is 0 Å². The Kier molecular flexibility index (Phi) is 21.3. The van der Waals surface area contributed by atoms with Gasteiger partial charge in [0, 0.05) is 36.5 Å². The van der Waals surface area contributed by atoms with Crippen molar-refractivity contribution in [2.45, 2.75) is 145 Å². The third-order valence-electron chi connectivity index (χ3n) is 9.59. The number of benzene rings is 4. The van der Waals surface area contributed by atoms with Crippen molar-refractivity contribution >= 4 is 35.1 Å². The van der Waals surface area contributed by atoms with Crippen LogP contribution in [0.3, 0.4) is 0 Å². The van der Waals surface area contributed by atoms with Crippen LogP contribution < -0.4 is 16.0 Å². The van der Waals surface area contributed by atoms with Gasteiger partial charge in [0.15, 0.2) is 0 Å². The molecular formula is C50H70N4O5. The SMILES string of the molecule is CC(C)NCc1ccccc1.CC(C)c1cccc(C(C)C)c1NC(=O)CC(=O)N(Cc1ccccc1)C(C)C.CC(C)c1cccc(C(C)C)c1NC(=O)CC(=O)O. The molecule has 0 aromatic heterocycles. The lowest BCUT2D eigenvalue weighted by Crippen LogP contribution is -2.38. The smallest absolute Gasteiger partial charge is 0.312 e. The third-order valence-corrected chi connectivity index (χ3v) is 9.59. The Morgan fingerprint density at radius 2 is 0.881 bits per heavy atom. The summed E-state index contributed by atoms with van der Waals surface area (Å²) in [5.74, 6) is -0.932. The van der Waals surface area contributed by atoms with Crippen molar-refractivity contribution in [3.05, 3.63) is 130 Å². The molecule has 0 saturated heterocycles. The van der Waals surface area contributed by atoms with E-state index in [2.05, 4.69) is 81.8 Å². The zero-order valence-corrected chi connectivity index (χ0v) is 37.6. The van der Waals surface area contributed by atoms with E-state index in [1.807, 2.05) is 114 Å². The Morgan fingerprint density at radius 3 is 1.22 bits per heavy atom. The molecule has 0 fully saturated rings. The molecule has 0 spiro atoms. The molecule has 59 heavy (non-hydrogen) atoms. The summed E-state index contributed by atoms with van der Waals surface area (Å²) in [5, 5.41) is 17.8. The van der Waals surface area contributed by atoms with E-state index in [1.165, 1.54) is 5.56 Å². The lowest BCUT2D eigenvalue weighted by Gasteiger charge is -2.27. The summed E-state index contributed by atoms with van der Waals surface area (Å²) in [6.07, 6.45) is -0.668. The van der Waals surface area contributed by atoms with Gasteiger partial charge in [-0.2, -0.15) is 0 Å². The second-order valence-electron chi connectivity index (χ2n) is 16.7. The normalized spacial score (nSPS) is 10.9. The van der Waals surface area contributed by atoms with Gasteiger partial charge in [0.1, 0.15) is 12.8 Å². The number of nitrogens with zero attached hydrogens (tertiary/aromatic N) is 1. The molecule has 3 amide bonds. The molecular weight excluding hydrogens is 737 g/mol. The molecule has 0 saturated carbocycles. The van der Waals surface area contributed by atoms with Crippen LogP contribution in [0, 0.1) is 0 Å². The molecule has 9 heteroatoms. The van der Waals surface area contributed by atoms with Gasteiger partial charge in [-0.3, -0.25) is 19.2 Å². The van der Waals surface area contributed by atoms with Crippen LogP contribution in [0.5, 0.6) is 0 Å². The molecule has 4 aromatic rings. The summed E-state index contributed by atoms with van der Waals surface area (Å²) in [6, 6.07) is 32.9. The van der Waals surface area contributed by atoms with Crippen LogP contribution in [0.4, 0.5) is 11.4 Å². The van der Waals surface area contributed by atoms with Crippen molar-refractivity contribution in [1.29, 1.82) is 0 Å². The molecule has 4 N–H and O–H groups in total. The summed E-state index contributed by atoms with van der Waals surface area (Å²) in [7, 11) is 0. The van der Waals surface area contributed by atoms with Crippen molar-refractivity contribution in [3.8, 4) is 0 Å². The molecule has 320 valence electrons. The van der Waals surface area contributed by atoms with Crippen LogP contribution in [0.2, 0.25) is 0 Å². The Labute approximate surface area is 354 Å². The number of amides is 3. The number of anilines is 2. The number of aliphatic carboxylic acids is 1. The van der Waals surface area contributed by atoms with E-state index >= 15 is 0 Å². The lowest BCUT2D eigenvalue weighted by molar-refractivity contribution is -0.140. The van der Waals surface area contributed by atoms with Gasteiger partial charge in [-0.05, 0) is 70.9 Å². The minimum Gasteiger partial charge on any atom is -0.481 e. The summed E-state index contributed by atoms with van der Waals surface area (Å²) in [6.45, 7) is 26.4. The van der Waals surface area contributed by atoms with E-state index in [0.29, 0.717) is 12.6 Å². The standard InChI is InChI=1S/C25H34N2O2.C15H21NO3.C10H15N/c1-17(2)21-13-10-14-22(18(3)4)25(21)26-23(28)15-24(29)27(19(5)6)16-20-11-8-7-9-12-20;1-9(2)11-6-5-7-12(10(3)4)15(11)16-13(17)8-14(18)19;1-9(2)11-8-10-6-4-3-5-7-10/h7-14,17-19H,15-16H2,1-6H3,(H,26,28);5-7,9-10H,8H2,1-4H3,(H,16,17)(H,18,19);3-7,9,11H,8H2,1-2H3. The zero-order chi connectivity index (χ0) is 44.2. The molecule has 4 rings (SSSR count). The largest absolute Gasteiger partial charge is 0.481 e. The molecule has 9 nitrogen and oxygen atoms in total.